The fourth-order valence-electron chi connectivity index (χ4n) is 3.82. The molecule has 1 fully saturated rings. The highest BCUT2D eigenvalue weighted by Crippen LogP contribution is 2.61. The number of nitrogens with one attached hydrogen (secondary N) is 1. The summed E-state index contributed by atoms with van der Waals surface area (Å²) in [6, 6.07) is 6.12. The molecule has 0 spiro atoms. The van der Waals surface area contributed by atoms with Gasteiger partial charge in [-0.25, -0.2) is 9.18 Å². The van der Waals surface area contributed by atoms with E-state index < -0.39 is 56.1 Å². The minimum absolute atomic E-state index is 0.0211. The number of fused-ring (bicyclic) bond motifs is 1. The molecule has 0 aliphatic carbocycles. The molecule has 4 rings (SSSR count). The number of benzene rings is 1. The maximum absolute atomic E-state index is 16.0. The van der Waals surface area contributed by atoms with Gasteiger partial charge in [-0.1, -0.05) is 24.6 Å². The molecule has 1 aromatic heterocycles. The Hall–Kier alpha value is -2.18. The molecule has 35 heavy (non-hydrogen) atoms. The molecule has 14 heteroatoms. The minimum atomic E-state index is -3.88. The molecular weight excluding hydrogens is 510 g/mol. The van der Waals surface area contributed by atoms with E-state index in [1.807, 2.05) is 4.98 Å². The SMILES string of the molecule is CCC(=O)O[C@@H]1[C@@H](CO[P+]2(O)OCc3ccc(Cl)cc3CO2)O[C@@H](n2ccc(=O)[nH]c2=O)[C@]1(C)F. The first-order valence-electron chi connectivity index (χ1n) is 10.7. The maximum atomic E-state index is 16.0. The van der Waals surface area contributed by atoms with Gasteiger partial charge < -0.3 is 9.47 Å². The monoisotopic (exact) mass is 533 g/mol. The zero-order valence-electron chi connectivity index (χ0n) is 18.8. The standard InChI is InChI=1S/C21H23ClFN2O9P/c1-3-17(27)34-18-15(33-19(21(18,2)23)25-7-6-16(26)24-20(25)28)11-32-35(29)30-9-12-4-5-14(22)8-13(12)10-31-35/h4-8,15,18-19,29H,3,9-11H2,1-2H3/p+1/t15-,18-,19-,21-,35?/m1/s1. The van der Waals surface area contributed by atoms with Crippen LogP contribution >= 0.6 is 19.8 Å². The number of esters is 1. The van der Waals surface area contributed by atoms with Crippen molar-refractivity contribution >= 4 is 25.7 Å². The summed E-state index contributed by atoms with van der Waals surface area (Å²) < 4.78 is 44.3. The molecule has 0 bridgehead atoms. The van der Waals surface area contributed by atoms with Gasteiger partial charge in [0, 0.05) is 23.7 Å². The van der Waals surface area contributed by atoms with Crippen LogP contribution in [0.1, 0.15) is 37.6 Å². The van der Waals surface area contributed by atoms with Gasteiger partial charge >= 0.3 is 19.8 Å². The molecule has 2 aliphatic rings. The fraction of sp³-hybridized carbons (Fsp3) is 0.476. The molecule has 5 atom stereocenters. The van der Waals surface area contributed by atoms with E-state index in [0.717, 1.165) is 29.3 Å². The summed E-state index contributed by atoms with van der Waals surface area (Å²) in [7, 11) is -3.88. The van der Waals surface area contributed by atoms with Crippen LogP contribution in [0, 0.1) is 0 Å². The van der Waals surface area contributed by atoms with Gasteiger partial charge in [0.1, 0.15) is 25.9 Å². The third kappa shape index (κ3) is 5.49. The summed E-state index contributed by atoms with van der Waals surface area (Å²) in [5, 5.41) is 0.489. The van der Waals surface area contributed by atoms with Crippen molar-refractivity contribution in [1.82, 2.24) is 9.55 Å². The molecule has 1 aromatic carbocycles. The van der Waals surface area contributed by atoms with E-state index in [0.29, 0.717) is 10.6 Å². The molecular formula is C21H24ClFN2O9P+. The number of carbonyl (C=O) groups is 1. The van der Waals surface area contributed by atoms with Crippen molar-refractivity contribution in [2.75, 3.05) is 6.61 Å². The molecule has 2 aromatic rings. The normalized spacial score (nSPS) is 30.5. The first kappa shape index (κ1) is 25.9. The topological polar surface area (TPSA) is 138 Å². The number of alkyl halides is 1. The Morgan fingerprint density at radius 2 is 2.03 bits per heavy atom. The number of aromatic nitrogens is 2. The molecule has 0 saturated carbocycles. The average molecular weight is 534 g/mol. The second kappa shape index (κ2) is 10.1. The summed E-state index contributed by atoms with van der Waals surface area (Å²) in [5.74, 6) is -0.704. The number of hydrogen-bond acceptors (Lipinski definition) is 9. The summed E-state index contributed by atoms with van der Waals surface area (Å²) in [5.41, 5.74) is -2.53. The summed E-state index contributed by atoms with van der Waals surface area (Å²) >= 11 is 6.01. The third-order valence-corrected chi connectivity index (χ3v) is 7.29. The molecule has 2 aliphatic heterocycles. The van der Waals surface area contributed by atoms with Gasteiger partial charge in [-0.05, 0) is 30.2 Å². The quantitative estimate of drug-likeness (QED) is 0.423. The molecule has 3 heterocycles. The number of rotatable bonds is 6. The van der Waals surface area contributed by atoms with Crippen molar-refractivity contribution in [3.8, 4) is 0 Å². The third-order valence-electron chi connectivity index (χ3n) is 5.67. The van der Waals surface area contributed by atoms with E-state index in [1.54, 1.807) is 18.2 Å². The van der Waals surface area contributed by atoms with Crippen LogP contribution in [0.25, 0.3) is 0 Å². The van der Waals surface area contributed by atoms with Crippen LogP contribution < -0.4 is 11.2 Å². The van der Waals surface area contributed by atoms with Crippen LogP contribution in [-0.2, 0) is 41.1 Å². The fourth-order valence-corrected chi connectivity index (χ4v) is 5.18. The van der Waals surface area contributed by atoms with Crippen LogP contribution in [0.15, 0.2) is 40.1 Å². The molecule has 1 unspecified atom stereocenters. The Kier molecular flexibility index (Phi) is 7.44. The predicted molar refractivity (Wildman–Crippen MR) is 121 cm³/mol. The Morgan fingerprint density at radius 1 is 1.31 bits per heavy atom. The van der Waals surface area contributed by atoms with Crippen molar-refractivity contribution in [3.63, 3.8) is 0 Å². The number of halogens is 2. The Morgan fingerprint density at radius 3 is 2.71 bits per heavy atom. The lowest BCUT2D eigenvalue weighted by molar-refractivity contribution is -0.158. The van der Waals surface area contributed by atoms with Gasteiger partial charge in [0.25, 0.3) is 5.56 Å². The van der Waals surface area contributed by atoms with Crippen LogP contribution in [0.2, 0.25) is 5.02 Å². The highest BCUT2D eigenvalue weighted by molar-refractivity contribution is 7.55. The molecule has 0 radical (unpaired) electrons. The lowest BCUT2D eigenvalue weighted by Gasteiger charge is -2.27. The summed E-state index contributed by atoms with van der Waals surface area (Å²) in [6.45, 7) is 2.08. The van der Waals surface area contributed by atoms with E-state index in [9.17, 15) is 19.3 Å². The molecule has 2 N–H and O–H groups in total. The lowest BCUT2D eigenvalue weighted by atomic mass is 9.98. The van der Waals surface area contributed by atoms with Gasteiger partial charge in [-0.3, -0.25) is 19.1 Å². The van der Waals surface area contributed by atoms with Crippen molar-refractivity contribution in [2.45, 2.75) is 57.6 Å². The Bertz CT molecular complexity index is 1220. The van der Waals surface area contributed by atoms with E-state index in [2.05, 4.69) is 0 Å². The second-order valence-electron chi connectivity index (χ2n) is 8.18. The van der Waals surface area contributed by atoms with E-state index in [4.69, 9.17) is 34.6 Å². The van der Waals surface area contributed by atoms with Crippen molar-refractivity contribution in [1.29, 1.82) is 0 Å². The molecule has 0 amide bonds. The van der Waals surface area contributed by atoms with Crippen LogP contribution in [0.3, 0.4) is 0 Å². The Balaban J connectivity index is 1.54. The van der Waals surface area contributed by atoms with E-state index >= 15 is 4.39 Å². The highest BCUT2D eigenvalue weighted by atomic mass is 35.5. The first-order chi connectivity index (χ1) is 16.5. The maximum Gasteiger partial charge on any atom is 0.573 e. The van der Waals surface area contributed by atoms with E-state index in [1.165, 1.54) is 6.92 Å². The van der Waals surface area contributed by atoms with Crippen LogP contribution in [-0.4, -0.2) is 44.9 Å². The van der Waals surface area contributed by atoms with Crippen LogP contribution in [0.4, 0.5) is 4.39 Å². The largest absolute Gasteiger partial charge is 0.573 e. The number of H-pyrrole nitrogens is 1. The number of aromatic amines is 1. The molecule has 1 saturated heterocycles. The number of hydrogen-bond donors (Lipinski definition) is 2. The van der Waals surface area contributed by atoms with Crippen LogP contribution in [0.5, 0.6) is 0 Å². The average Bonchev–Trinajstić information content (AvgIpc) is 2.94. The summed E-state index contributed by atoms with van der Waals surface area (Å²) in [4.78, 5) is 48.6. The zero-order chi connectivity index (χ0) is 25.4. The van der Waals surface area contributed by atoms with Gasteiger partial charge in [0.15, 0.2) is 18.0 Å². The minimum Gasteiger partial charge on any atom is -0.456 e. The zero-order valence-corrected chi connectivity index (χ0v) is 20.5. The highest BCUT2D eigenvalue weighted by Gasteiger charge is 2.60. The van der Waals surface area contributed by atoms with Crippen molar-refractivity contribution in [3.05, 3.63) is 67.4 Å². The number of ether oxygens (including phenoxy) is 2. The lowest BCUT2D eigenvalue weighted by Crippen LogP contribution is -2.46. The van der Waals surface area contributed by atoms with Gasteiger partial charge in [-0.15, -0.1) is 9.05 Å². The first-order valence-corrected chi connectivity index (χ1v) is 12.6. The number of carbonyl (C=O) groups excluding carboxylic acids is 1. The molecule has 11 nitrogen and oxygen atoms in total. The van der Waals surface area contributed by atoms with Gasteiger partial charge in [-0.2, -0.15) is 9.42 Å². The van der Waals surface area contributed by atoms with Gasteiger partial charge in [0.2, 0.25) is 0 Å². The Labute approximate surface area is 204 Å². The second-order valence-corrected chi connectivity index (χ2v) is 10.3. The van der Waals surface area contributed by atoms with Gasteiger partial charge in [0.05, 0.1) is 0 Å². The van der Waals surface area contributed by atoms with Crippen molar-refractivity contribution < 1.29 is 37.1 Å². The molecule has 190 valence electrons. The van der Waals surface area contributed by atoms with Crippen molar-refractivity contribution in [2.24, 2.45) is 0 Å². The summed E-state index contributed by atoms with van der Waals surface area (Å²) in [6.07, 6.45) is -3.28. The smallest absolute Gasteiger partial charge is 0.456 e. The number of nitrogens with zero attached hydrogens (tertiary/aromatic N) is 1. The predicted octanol–water partition coefficient (Wildman–Crippen LogP) is 2.57. The van der Waals surface area contributed by atoms with E-state index in [-0.39, 0.29) is 19.6 Å².